The van der Waals surface area contributed by atoms with Crippen LogP contribution in [0.1, 0.15) is 50.4 Å². The second-order valence-corrected chi connectivity index (χ2v) is 6.46. The Morgan fingerprint density at radius 1 is 1.40 bits per heavy atom. The number of hydrogen-bond acceptors (Lipinski definition) is 3. The molecule has 0 spiro atoms. The molecule has 1 aromatic rings. The molecule has 112 valence electrons. The van der Waals surface area contributed by atoms with E-state index in [9.17, 15) is 4.79 Å². The van der Waals surface area contributed by atoms with Crippen LogP contribution in [0.4, 0.5) is 0 Å². The van der Waals surface area contributed by atoms with E-state index in [1.54, 1.807) is 11.3 Å². The molecule has 0 saturated heterocycles. The predicted molar refractivity (Wildman–Crippen MR) is 84.9 cm³/mol. The molecule has 1 aliphatic carbocycles. The number of nitrogens with zero attached hydrogens (tertiary/aromatic N) is 1. The standard InChI is InChI=1S/C16H26N2OS/c1-3-18(4-2)15(19)12-17-16(13-8-5-6-9-13)14-10-7-11-20-14/h7,10-11,13,16-17H,3-6,8-9,12H2,1-2H3. The molecular formula is C16H26N2OS. The molecule has 1 fully saturated rings. The second kappa shape index (κ2) is 7.79. The van der Waals surface area contributed by atoms with Gasteiger partial charge in [-0.25, -0.2) is 0 Å². The highest BCUT2D eigenvalue weighted by Crippen LogP contribution is 2.37. The summed E-state index contributed by atoms with van der Waals surface area (Å²) in [6.07, 6.45) is 5.24. The summed E-state index contributed by atoms with van der Waals surface area (Å²) in [5.74, 6) is 0.910. The lowest BCUT2D eigenvalue weighted by Gasteiger charge is -2.25. The van der Waals surface area contributed by atoms with Gasteiger partial charge in [-0.1, -0.05) is 18.9 Å². The topological polar surface area (TPSA) is 32.3 Å². The zero-order chi connectivity index (χ0) is 14.4. The second-order valence-electron chi connectivity index (χ2n) is 5.48. The Kier molecular flexibility index (Phi) is 6.05. The van der Waals surface area contributed by atoms with Crippen LogP contribution in [0.3, 0.4) is 0 Å². The van der Waals surface area contributed by atoms with E-state index in [1.165, 1.54) is 30.6 Å². The third kappa shape index (κ3) is 3.83. The molecule has 1 aliphatic rings. The van der Waals surface area contributed by atoms with Crippen LogP contribution in [0.5, 0.6) is 0 Å². The van der Waals surface area contributed by atoms with Gasteiger partial charge in [0.1, 0.15) is 0 Å². The van der Waals surface area contributed by atoms with E-state index in [2.05, 4.69) is 22.8 Å². The van der Waals surface area contributed by atoms with Gasteiger partial charge in [-0.05, 0) is 44.1 Å². The predicted octanol–water partition coefficient (Wildman–Crippen LogP) is 3.44. The normalized spacial score (nSPS) is 17.3. The molecule has 0 aliphatic heterocycles. The highest BCUT2D eigenvalue weighted by atomic mass is 32.1. The Hall–Kier alpha value is -0.870. The number of rotatable bonds is 7. The quantitative estimate of drug-likeness (QED) is 0.835. The summed E-state index contributed by atoms with van der Waals surface area (Å²) in [4.78, 5) is 15.4. The van der Waals surface area contributed by atoms with Gasteiger partial charge in [-0.15, -0.1) is 11.3 Å². The maximum atomic E-state index is 12.2. The van der Waals surface area contributed by atoms with Crippen LogP contribution in [0.2, 0.25) is 0 Å². The number of likely N-dealkylation sites (N-methyl/N-ethyl adjacent to an activating group) is 1. The van der Waals surface area contributed by atoms with Crippen LogP contribution in [0.15, 0.2) is 17.5 Å². The third-order valence-electron chi connectivity index (χ3n) is 4.31. The average Bonchev–Trinajstić information content (AvgIpc) is 3.13. The molecule has 1 unspecified atom stereocenters. The number of hydrogen-bond donors (Lipinski definition) is 1. The van der Waals surface area contributed by atoms with Gasteiger partial charge in [0.15, 0.2) is 0 Å². The van der Waals surface area contributed by atoms with E-state index in [1.807, 2.05) is 18.7 Å². The minimum atomic E-state index is 0.217. The van der Waals surface area contributed by atoms with Crippen molar-refractivity contribution in [1.82, 2.24) is 10.2 Å². The fourth-order valence-corrected chi connectivity index (χ4v) is 4.04. The first-order valence-corrected chi connectivity index (χ1v) is 8.68. The molecule has 2 rings (SSSR count). The molecule has 0 bridgehead atoms. The molecule has 1 amide bonds. The van der Waals surface area contributed by atoms with Crippen molar-refractivity contribution in [3.63, 3.8) is 0 Å². The molecule has 0 aromatic carbocycles. The van der Waals surface area contributed by atoms with Gasteiger partial charge in [0.25, 0.3) is 0 Å². The summed E-state index contributed by atoms with van der Waals surface area (Å²) in [7, 11) is 0. The maximum Gasteiger partial charge on any atom is 0.236 e. The van der Waals surface area contributed by atoms with Crippen molar-refractivity contribution in [1.29, 1.82) is 0 Å². The van der Waals surface area contributed by atoms with Crippen LogP contribution in [-0.2, 0) is 4.79 Å². The number of carbonyl (C=O) groups is 1. The summed E-state index contributed by atoms with van der Waals surface area (Å²) in [6.45, 7) is 6.12. The van der Waals surface area contributed by atoms with Crippen molar-refractivity contribution in [2.75, 3.05) is 19.6 Å². The minimum Gasteiger partial charge on any atom is -0.342 e. The van der Waals surface area contributed by atoms with Gasteiger partial charge >= 0.3 is 0 Å². The Balaban J connectivity index is 1.96. The van der Waals surface area contributed by atoms with Gasteiger partial charge in [0, 0.05) is 24.0 Å². The molecule has 0 radical (unpaired) electrons. The van der Waals surface area contributed by atoms with Gasteiger partial charge in [-0.2, -0.15) is 0 Å². The van der Waals surface area contributed by atoms with Crippen LogP contribution < -0.4 is 5.32 Å². The van der Waals surface area contributed by atoms with Crippen molar-refractivity contribution in [2.45, 2.75) is 45.6 Å². The van der Waals surface area contributed by atoms with Crippen LogP contribution >= 0.6 is 11.3 Å². The molecule has 1 aromatic heterocycles. The van der Waals surface area contributed by atoms with Crippen LogP contribution in [0, 0.1) is 5.92 Å². The number of carbonyl (C=O) groups excluding carboxylic acids is 1. The van der Waals surface area contributed by atoms with Crippen LogP contribution in [-0.4, -0.2) is 30.4 Å². The Morgan fingerprint density at radius 3 is 2.65 bits per heavy atom. The maximum absolute atomic E-state index is 12.2. The lowest BCUT2D eigenvalue weighted by Crippen LogP contribution is -2.40. The summed E-state index contributed by atoms with van der Waals surface area (Å²) in [5, 5.41) is 5.66. The monoisotopic (exact) mass is 294 g/mol. The largest absolute Gasteiger partial charge is 0.342 e. The lowest BCUT2D eigenvalue weighted by atomic mass is 9.96. The van der Waals surface area contributed by atoms with Crippen molar-refractivity contribution in [3.8, 4) is 0 Å². The molecular weight excluding hydrogens is 268 g/mol. The first-order chi connectivity index (χ1) is 9.76. The van der Waals surface area contributed by atoms with Gasteiger partial charge in [-0.3, -0.25) is 4.79 Å². The van der Waals surface area contributed by atoms with E-state index in [4.69, 9.17) is 0 Å². The summed E-state index contributed by atoms with van der Waals surface area (Å²) < 4.78 is 0. The SMILES string of the molecule is CCN(CC)C(=O)CNC(c1cccs1)C1CCCC1. The van der Waals surface area contributed by atoms with E-state index >= 15 is 0 Å². The summed E-state index contributed by atoms with van der Waals surface area (Å²) in [6, 6.07) is 4.66. The van der Waals surface area contributed by atoms with Gasteiger partial charge in [0.05, 0.1) is 6.54 Å². The average molecular weight is 294 g/mol. The van der Waals surface area contributed by atoms with Gasteiger partial charge < -0.3 is 10.2 Å². The highest BCUT2D eigenvalue weighted by Gasteiger charge is 2.27. The molecule has 4 heteroatoms. The molecule has 1 atom stereocenters. The van der Waals surface area contributed by atoms with E-state index < -0.39 is 0 Å². The third-order valence-corrected chi connectivity index (χ3v) is 5.27. The van der Waals surface area contributed by atoms with Gasteiger partial charge in [0.2, 0.25) is 5.91 Å². The summed E-state index contributed by atoms with van der Waals surface area (Å²) in [5.41, 5.74) is 0. The Morgan fingerprint density at radius 2 is 2.10 bits per heavy atom. The molecule has 3 nitrogen and oxygen atoms in total. The number of thiophene rings is 1. The van der Waals surface area contributed by atoms with Crippen molar-refractivity contribution >= 4 is 17.2 Å². The fraction of sp³-hybridized carbons (Fsp3) is 0.688. The summed E-state index contributed by atoms with van der Waals surface area (Å²) >= 11 is 1.80. The molecule has 20 heavy (non-hydrogen) atoms. The molecule has 1 N–H and O–H groups in total. The van der Waals surface area contributed by atoms with E-state index in [-0.39, 0.29) is 5.91 Å². The van der Waals surface area contributed by atoms with Crippen molar-refractivity contribution in [2.24, 2.45) is 5.92 Å². The first kappa shape index (κ1) is 15.5. The fourth-order valence-electron chi connectivity index (χ4n) is 3.14. The van der Waals surface area contributed by atoms with Crippen LogP contribution in [0.25, 0.3) is 0 Å². The zero-order valence-corrected chi connectivity index (χ0v) is 13.4. The lowest BCUT2D eigenvalue weighted by molar-refractivity contribution is -0.130. The first-order valence-electron chi connectivity index (χ1n) is 7.80. The minimum absolute atomic E-state index is 0.217. The Bertz CT molecular complexity index is 395. The molecule has 1 saturated carbocycles. The highest BCUT2D eigenvalue weighted by molar-refractivity contribution is 7.10. The van der Waals surface area contributed by atoms with E-state index in [0.29, 0.717) is 18.5 Å². The number of amides is 1. The van der Waals surface area contributed by atoms with Crippen molar-refractivity contribution in [3.05, 3.63) is 22.4 Å². The Labute approximate surface area is 126 Å². The van der Waals surface area contributed by atoms with Crippen molar-refractivity contribution < 1.29 is 4.79 Å². The van der Waals surface area contributed by atoms with E-state index in [0.717, 1.165) is 13.1 Å². The smallest absolute Gasteiger partial charge is 0.236 e. The zero-order valence-electron chi connectivity index (χ0n) is 12.6. The molecule has 1 heterocycles. The number of nitrogens with one attached hydrogen (secondary N) is 1.